The van der Waals surface area contributed by atoms with E-state index in [1.807, 2.05) is 0 Å². The number of ether oxygens (including phenoxy) is 16. The largest absolute Gasteiger partial charge is 0.397 e. The third kappa shape index (κ3) is 19.4. The fourth-order valence-corrected chi connectivity index (χ4v) is 11.9. The van der Waals surface area contributed by atoms with Crippen LogP contribution >= 0.6 is 0 Å². The third-order valence-corrected chi connectivity index (χ3v) is 17.2. The molecule has 0 saturated carbocycles. The third-order valence-electron chi connectivity index (χ3n) is 15.9. The van der Waals surface area contributed by atoms with Crippen LogP contribution in [-0.2, 0) is 120 Å². The number of hydrogen-bond acceptors (Lipinski definition) is 39. The predicted molar refractivity (Wildman–Crippen MR) is 279 cm³/mol. The molecule has 45 heteroatoms. The van der Waals surface area contributed by atoms with Gasteiger partial charge in [0, 0.05) is 32.8 Å². The second-order valence-electron chi connectivity index (χ2n) is 22.3. The van der Waals surface area contributed by atoms with Gasteiger partial charge in [0.25, 0.3) is 0 Å². The normalized spacial score (nSPS) is 47.0. The van der Waals surface area contributed by atoms with Gasteiger partial charge < -0.3 is 150 Å². The van der Waals surface area contributed by atoms with E-state index in [0.717, 1.165) is 0 Å². The van der Waals surface area contributed by atoms with Crippen LogP contribution in [0.2, 0.25) is 0 Å². The maximum atomic E-state index is 11.7. The lowest BCUT2D eigenvalue weighted by Gasteiger charge is -2.47. The summed E-state index contributed by atoms with van der Waals surface area (Å²) in [5, 5.41) is 109. The lowest BCUT2D eigenvalue weighted by Crippen LogP contribution is -2.66. The van der Waals surface area contributed by atoms with Gasteiger partial charge in [-0.1, -0.05) is 0 Å². The van der Waals surface area contributed by atoms with E-state index in [1.54, 1.807) is 0 Å². The SMILES string of the molecule is CO[C@H]1OC(COS(=O)(=O)O)[C@@H](O[C@H]2C[C@H](O)[C@H](O[C@@H]3OC(COS(=O)(=O)O)[C@@H](O[C@H]4C[C@H](O)[C@@H](O[C@@H]5OC(CO)[C@@H](O[C@H]6C[C@H](O)[C@H](O[C@@H]7OC(COS(=O)(=O)O)[C@@H](O[C@H]8C[C@H](O)[C@H](O)CO8)[C@H](O)C7N)CO6)[C@H](O)C5N)CO4)[C@H](O)C3N)CO2)[C@H](O)C1N. The molecule has 0 aromatic carbocycles. The van der Waals surface area contributed by atoms with Crippen LogP contribution in [0.1, 0.15) is 25.7 Å². The molecule has 0 aromatic heterocycles. The molecule has 8 aliphatic rings. The van der Waals surface area contributed by atoms with Crippen molar-refractivity contribution < 1.29 is 178 Å². The number of aliphatic hydroxyl groups excluding tert-OH is 10. The minimum absolute atomic E-state index is 0.270. The average molecular weight is 1380 g/mol. The summed E-state index contributed by atoms with van der Waals surface area (Å²) in [6, 6.07) is -5.74. The number of methoxy groups -OCH3 is 1. The molecule has 8 aliphatic heterocycles. The van der Waals surface area contributed by atoms with E-state index in [0.29, 0.717) is 0 Å². The fourth-order valence-electron chi connectivity index (χ4n) is 10.9. The van der Waals surface area contributed by atoms with Crippen molar-refractivity contribution in [3.63, 3.8) is 0 Å². The van der Waals surface area contributed by atoms with E-state index in [4.69, 9.17) is 103 Å². The molecular formula is C45H80N4O38S3. The molecule has 0 aliphatic carbocycles. The van der Waals surface area contributed by atoms with E-state index in [2.05, 4.69) is 12.5 Å². The fraction of sp³-hybridized carbons (Fsp3) is 1.00. The highest BCUT2D eigenvalue weighted by Gasteiger charge is 2.54. The van der Waals surface area contributed by atoms with E-state index < -0.39 is 287 Å². The Morgan fingerprint density at radius 1 is 0.378 bits per heavy atom. The van der Waals surface area contributed by atoms with Crippen LogP contribution < -0.4 is 22.9 Å². The zero-order valence-corrected chi connectivity index (χ0v) is 50.0. The van der Waals surface area contributed by atoms with Crippen LogP contribution in [-0.4, -0.2) is 347 Å². The second kappa shape index (κ2) is 31.7. The summed E-state index contributed by atoms with van der Waals surface area (Å²) in [7, 11) is -14.0. The van der Waals surface area contributed by atoms with Crippen LogP contribution in [0.4, 0.5) is 0 Å². The van der Waals surface area contributed by atoms with E-state index >= 15 is 0 Å². The molecule has 0 spiro atoms. The Balaban J connectivity index is 0.808. The summed E-state index contributed by atoms with van der Waals surface area (Å²) < 4.78 is 202. The van der Waals surface area contributed by atoms with Gasteiger partial charge in [0.05, 0.1) is 101 Å². The van der Waals surface area contributed by atoms with Crippen molar-refractivity contribution >= 4 is 31.2 Å². The van der Waals surface area contributed by atoms with Crippen molar-refractivity contribution in [1.82, 2.24) is 0 Å². The van der Waals surface area contributed by atoms with Crippen molar-refractivity contribution in [2.24, 2.45) is 22.9 Å². The first-order valence-electron chi connectivity index (χ1n) is 28.0. The van der Waals surface area contributed by atoms with Crippen LogP contribution in [0.15, 0.2) is 0 Å². The van der Waals surface area contributed by atoms with Crippen LogP contribution in [0.3, 0.4) is 0 Å². The van der Waals surface area contributed by atoms with Gasteiger partial charge in [-0.2, -0.15) is 25.3 Å². The van der Waals surface area contributed by atoms with Gasteiger partial charge >= 0.3 is 31.2 Å². The molecule has 8 unspecified atom stereocenters. The molecule has 32 atom stereocenters. The van der Waals surface area contributed by atoms with Crippen molar-refractivity contribution in [3.8, 4) is 0 Å². The molecule has 8 rings (SSSR count). The highest BCUT2D eigenvalue weighted by molar-refractivity contribution is 7.81. The molecule has 0 amide bonds. The van der Waals surface area contributed by atoms with Crippen molar-refractivity contribution in [1.29, 1.82) is 0 Å². The minimum atomic E-state index is -5.17. The summed E-state index contributed by atoms with van der Waals surface area (Å²) in [5.74, 6) is 0. The maximum Gasteiger partial charge on any atom is 0.397 e. The van der Waals surface area contributed by atoms with Crippen LogP contribution in [0.5, 0.6) is 0 Å². The Morgan fingerprint density at radius 2 is 0.644 bits per heavy atom. The monoisotopic (exact) mass is 1380 g/mol. The summed E-state index contributed by atoms with van der Waals surface area (Å²) in [6.07, 6.45) is -42.8. The number of rotatable bonds is 25. The van der Waals surface area contributed by atoms with Crippen molar-refractivity contribution in [2.45, 2.75) is 222 Å². The summed E-state index contributed by atoms with van der Waals surface area (Å²) in [6.45, 7) is -5.50. The second-order valence-corrected chi connectivity index (χ2v) is 25.5. The van der Waals surface area contributed by atoms with E-state index in [9.17, 15) is 85.4 Å². The topological polar surface area (TPSA) is 645 Å². The Kier molecular flexibility index (Phi) is 26.2. The number of hydrogen-bond donors (Lipinski definition) is 17. The molecule has 90 heavy (non-hydrogen) atoms. The molecule has 526 valence electrons. The van der Waals surface area contributed by atoms with Gasteiger partial charge in [-0.3, -0.25) is 13.7 Å². The highest BCUT2D eigenvalue weighted by Crippen LogP contribution is 2.36. The first-order chi connectivity index (χ1) is 42.2. The Morgan fingerprint density at radius 3 is 0.922 bits per heavy atom. The van der Waals surface area contributed by atoms with Crippen LogP contribution in [0, 0.1) is 0 Å². The van der Waals surface area contributed by atoms with Gasteiger partial charge in [-0.25, -0.2) is 12.5 Å². The molecular weight excluding hydrogens is 1300 g/mol. The van der Waals surface area contributed by atoms with Crippen molar-refractivity contribution in [3.05, 3.63) is 0 Å². The zero-order chi connectivity index (χ0) is 65.9. The van der Waals surface area contributed by atoms with Crippen LogP contribution in [0.25, 0.3) is 0 Å². The maximum absolute atomic E-state index is 11.7. The molecule has 0 bridgehead atoms. The smallest absolute Gasteiger partial charge is 0.394 e. The first-order valence-corrected chi connectivity index (χ1v) is 32.1. The summed E-state index contributed by atoms with van der Waals surface area (Å²) >= 11 is 0. The van der Waals surface area contributed by atoms with Gasteiger partial charge in [-0.05, 0) is 0 Å². The summed E-state index contributed by atoms with van der Waals surface area (Å²) in [5.41, 5.74) is 24.9. The van der Waals surface area contributed by atoms with E-state index in [1.165, 1.54) is 7.11 Å². The lowest BCUT2D eigenvalue weighted by atomic mass is 9.96. The Bertz CT molecular complexity index is 2600. The quantitative estimate of drug-likeness (QED) is 0.0377. The number of aliphatic hydroxyl groups is 10. The first kappa shape index (κ1) is 74.2. The predicted octanol–water partition coefficient (Wildman–Crippen LogP) is -11.8. The molecule has 8 heterocycles. The molecule has 0 aromatic rings. The van der Waals surface area contributed by atoms with Crippen molar-refractivity contribution in [2.75, 3.05) is 60.0 Å². The zero-order valence-electron chi connectivity index (χ0n) is 47.5. The van der Waals surface area contributed by atoms with Gasteiger partial charge in [0.1, 0.15) is 97.7 Å². The Labute approximate surface area is 513 Å². The highest BCUT2D eigenvalue weighted by atomic mass is 32.3. The van der Waals surface area contributed by atoms with Gasteiger partial charge in [-0.15, -0.1) is 0 Å². The molecule has 8 saturated heterocycles. The molecule has 42 nitrogen and oxygen atoms in total. The Hall–Kier alpha value is -1.59. The lowest BCUT2D eigenvalue weighted by molar-refractivity contribution is -0.350. The number of nitrogens with two attached hydrogens (primary N) is 4. The minimum Gasteiger partial charge on any atom is -0.394 e. The van der Waals surface area contributed by atoms with Gasteiger partial charge in [0.2, 0.25) is 0 Å². The molecule has 8 fully saturated rings. The molecule has 0 radical (unpaired) electrons. The summed E-state index contributed by atoms with van der Waals surface area (Å²) in [4.78, 5) is 0. The van der Waals surface area contributed by atoms with Gasteiger partial charge in [0.15, 0.2) is 50.3 Å². The standard InChI is InChI=1S/C45H80N4O38S3/c1-69-42-30(46)34(56)39(23(81-42)11-74-88(60,61)62)86-28-5-17(54)22(10-73-28)80-45-33(49)37(59)41(25(83-45)13-76-90(66,67)68)87-29-4-16(53)20(8-72-29)78-43-31(47)35(57)38(19(6-50)77-43)84-27-3-15(52)21(9-71-27)79-44-32(48)36(58)40(24(82-44)12-75-89(63,64)65)85-26-2-14(51)18(55)7-70-26/h14-45,50-59H,2-13,46-49H2,1H3,(H,60,61,62)(H,63,64,65)(H,66,67,68)/t14-,15-,16-,17-,18+,19?,20-,21+,22+,23?,24?,25?,26-,27-,28-,29-,30?,31?,32?,33?,34+,35+,36+,37+,38+,39+,40+,41+,42-,43-,44+,45+/m0/s1. The average Bonchev–Trinajstić information content (AvgIpc) is 0.835. The van der Waals surface area contributed by atoms with E-state index in [-0.39, 0.29) is 19.4 Å². The molecule has 21 N–H and O–H groups in total.